The highest BCUT2D eigenvalue weighted by molar-refractivity contribution is 8.00. The van der Waals surface area contributed by atoms with E-state index < -0.39 is 18.5 Å². The molecule has 0 fully saturated rings. The Morgan fingerprint density at radius 1 is 1.00 bits per heavy atom. The molecule has 0 saturated carbocycles. The Labute approximate surface area is 173 Å². The van der Waals surface area contributed by atoms with Gasteiger partial charge in [0.15, 0.2) is 12.4 Å². The maximum absolute atomic E-state index is 12.4. The van der Waals surface area contributed by atoms with Gasteiger partial charge in [0.25, 0.3) is 5.91 Å². The van der Waals surface area contributed by atoms with Crippen LogP contribution in [0.25, 0.3) is 0 Å². The molecule has 0 aliphatic heterocycles. The summed E-state index contributed by atoms with van der Waals surface area (Å²) >= 11 is 1.23. The highest BCUT2D eigenvalue weighted by Gasteiger charge is 2.16. The van der Waals surface area contributed by atoms with E-state index in [9.17, 15) is 19.2 Å². The van der Waals surface area contributed by atoms with Crippen molar-refractivity contribution in [1.29, 1.82) is 0 Å². The SMILES string of the molecule is CC(=O)c1ccc(NC(=O)COC(=O)c2ccccc2SCC(=O)N(C)C)cc1. The Bertz CT molecular complexity index is 910. The Hall–Kier alpha value is -3.13. The van der Waals surface area contributed by atoms with Crippen LogP contribution in [-0.4, -0.2) is 54.9 Å². The van der Waals surface area contributed by atoms with E-state index in [0.29, 0.717) is 21.7 Å². The minimum atomic E-state index is -0.646. The van der Waals surface area contributed by atoms with Crippen LogP contribution in [0.4, 0.5) is 5.69 Å². The second-order valence-electron chi connectivity index (χ2n) is 6.33. The van der Waals surface area contributed by atoms with Gasteiger partial charge >= 0.3 is 5.97 Å². The lowest BCUT2D eigenvalue weighted by molar-refractivity contribution is -0.125. The summed E-state index contributed by atoms with van der Waals surface area (Å²) in [6.45, 7) is 1.00. The van der Waals surface area contributed by atoms with Gasteiger partial charge in [-0.15, -0.1) is 11.8 Å². The average Bonchev–Trinajstić information content (AvgIpc) is 2.70. The molecule has 0 spiro atoms. The van der Waals surface area contributed by atoms with E-state index in [4.69, 9.17) is 4.74 Å². The number of amides is 2. The number of carbonyl (C=O) groups excluding carboxylic acids is 4. The fourth-order valence-electron chi connectivity index (χ4n) is 2.22. The first-order valence-electron chi connectivity index (χ1n) is 8.78. The lowest BCUT2D eigenvalue weighted by atomic mass is 10.1. The molecule has 2 amide bonds. The van der Waals surface area contributed by atoms with Crippen LogP contribution in [0.2, 0.25) is 0 Å². The molecule has 8 heteroatoms. The Morgan fingerprint density at radius 2 is 1.66 bits per heavy atom. The molecule has 2 rings (SSSR count). The average molecular weight is 414 g/mol. The number of nitrogens with one attached hydrogen (secondary N) is 1. The van der Waals surface area contributed by atoms with Crippen molar-refractivity contribution >= 4 is 41.0 Å². The molecule has 0 radical (unpaired) electrons. The Balaban J connectivity index is 1.92. The minimum Gasteiger partial charge on any atom is -0.452 e. The van der Waals surface area contributed by atoms with Gasteiger partial charge in [-0.25, -0.2) is 4.79 Å². The van der Waals surface area contributed by atoms with E-state index in [2.05, 4.69) is 5.32 Å². The zero-order valence-electron chi connectivity index (χ0n) is 16.4. The standard InChI is InChI=1S/C21H22N2O5S/c1-14(24)15-8-10-16(11-9-15)22-19(25)12-28-21(27)17-6-4-5-7-18(17)29-13-20(26)23(2)3/h4-11H,12-13H2,1-3H3,(H,22,25). The fraction of sp³-hybridized carbons (Fsp3) is 0.238. The number of hydrogen-bond acceptors (Lipinski definition) is 6. The summed E-state index contributed by atoms with van der Waals surface area (Å²) in [5.74, 6) is -1.10. The van der Waals surface area contributed by atoms with Crippen molar-refractivity contribution in [2.24, 2.45) is 0 Å². The van der Waals surface area contributed by atoms with Gasteiger partial charge < -0.3 is 15.0 Å². The first-order valence-corrected chi connectivity index (χ1v) is 9.76. The number of thioether (sulfide) groups is 1. The highest BCUT2D eigenvalue weighted by Crippen LogP contribution is 2.23. The number of benzene rings is 2. The van der Waals surface area contributed by atoms with Crippen LogP contribution in [0.3, 0.4) is 0 Å². The summed E-state index contributed by atoms with van der Waals surface area (Å²) < 4.78 is 5.11. The number of ether oxygens (including phenoxy) is 1. The summed E-state index contributed by atoms with van der Waals surface area (Å²) in [6, 6.07) is 13.2. The predicted molar refractivity (Wildman–Crippen MR) is 111 cm³/mol. The van der Waals surface area contributed by atoms with Crippen molar-refractivity contribution in [1.82, 2.24) is 4.90 Å². The summed E-state index contributed by atoms with van der Waals surface area (Å²) in [7, 11) is 3.32. The van der Waals surface area contributed by atoms with Crippen molar-refractivity contribution in [2.45, 2.75) is 11.8 Å². The molecule has 2 aromatic carbocycles. The molecule has 0 aliphatic carbocycles. The zero-order valence-corrected chi connectivity index (χ0v) is 17.2. The number of carbonyl (C=O) groups is 4. The topological polar surface area (TPSA) is 92.8 Å². The zero-order chi connectivity index (χ0) is 21.4. The summed E-state index contributed by atoms with van der Waals surface area (Å²) in [4.78, 5) is 49.5. The van der Waals surface area contributed by atoms with E-state index in [1.54, 1.807) is 62.6 Å². The number of ketones is 1. The van der Waals surface area contributed by atoms with Gasteiger partial charge in [-0.3, -0.25) is 14.4 Å². The third kappa shape index (κ3) is 6.76. The van der Waals surface area contributed by atoms with Crippen LogP contribution in [-0.2, 0) is 14.3 Å². The van der Waals surface area contributed by atoms with Crippen LogP contribution in [0.5, 0.6) is 0 Å². The molecule has 2 aromatic rings. The molecule has 29 heavy (non-hydrogen) atoms. The predicted octanol–water partition coefficient (Wildman–Crippen LogP) is 2.87. The fourth-order valence-corrected chi connectivity index (χ4v) is 3.24. The molecule has 152 valence electrons. The first kappa shape index (κ1) is 22.2. The molecule has 0 aliphatic rings. The molecule has 0 aromatic heterocycles. The number of anilines is 1. The van der Waals surface area contributed by atoms with Gasteiger partial charge in [0, 0.05) is 30.2 Å². The number of nitrogens with zero attached hydrogens (tertiary/aromatic N) is 1. The summed E-state index contributed by atoms with van der Waals surface area (Å²) in [5.41, 5.74) is 1.33. The van der Waals surface area contributed by atoms with E-state index in [-0.39, 0.29) is 17.4 Å². The molecule has 1 N–H and O–H groups in total. The van der Waals surface area contributed by atoms with Gasteiger partial charge in [0.05, 0.1) is 11.3 Å². The van der Waals surface area contributed by atoms with Crippen molar-refractivity contribution in [2.75, 3.05) is 31.8 Å². The van der Waals surface area contributed by atoms with Crippen LogP contribution in [0.15, 0.2) is 53.4 Å². The van der Waals surface area contributed by atoms with Crippen LogP contribution >= 0.6 is 11.8 Å². The van der Waals surface area contributed by atoms with Gasteiger partial charge in [0.2, 0.25) is 5.91 Å². The molecule has 7 nitrogen and oxygen atoms in total. The smallest absolute Gasteiger partial charge is 0.339 e. The van der Waals surface area contributed by atoms with Crippen molar-refractivity contribution in [3.05, 3.63) is 59.7 Å². The maximum atomic E-state index is 12.4. The van der Waals surface area contributed by atoms with Crippen LogP contribution < -0.4 is 5.32 Å². The Kier molecular flexibility index (Phi) is 7.97. The summed E-state index contributed by atoms with van der Waals surface area (Å²) in [6.07, 6.45) is 0. The van der Waals surface area contributed by atoms with Gasteiger partial charge in [-0.1, -0.05) is 12.1 Å². The van der Waals surface area contributed by atoms with Gasteiger partial charge in [0.1, 0.15) is 0 Å². The van der Waals surface area contributed by atoms with Crippen molar-refractivity contribution < 1.29 is 23.9 Å². The minimum absolute atomic E-state index is 0.0689. The molecule has 0 heterocycles. The van der Waals surface area contributed by atoms with Gasteiger partial charge in [-0.2, -0.15) is 0 Å². The quantitative estimate of drug-likeness (QED) is 0.406. The first-order chi connectivity index (χ1) is 13.8. The lowest BCUT2D eigenvalue weighted by Gasteiger charge is -2.12. The largest absolute Gasteiger partial charge is 0.452 e. The number of esters is 1. The molecule has 0 saturated heterocycles. The maximum Gasteiger partial charge on any atom is 0.339 e. The summed E-state index contributed by atoms with van der Waals surface area (Å²) in [5, 5.41) is 2.60. The lowest BCUT2D eigenvalue weighted by Crippen LogP contribution is -2.23. The molecular formula is C21H22N2O5S. The normalized spacial score (nSPS) is 10.2. The van der Waals surface area contributed by atoms with Crippen molar-refractivity contribution in [3.8, 4) is 0 Å². The monoisotopic (exact) mass is 414 g/mol. The third-order valence-electron chi connectivity index (χ3n) is 3.87. The second-order valence-corrected chi connectivity index (χ2v) is 7.35. The second kappa shape index (κ2) is 10.4. The van der Waals surface area contributed by atoms with E-state index in [1.165, 1.54) is 23.6 Å². The number of Topliss-reactive ketones (excluding diaryl/α,β-unsaturated/α-hetero) is 1. The van der Waals surface area contributed by atoms with E-state index in [0.717, 1.165) is 0 Å². The molecular weight excluding hydrogens is 392 g/mol. The molecule has 0 unspecified atom stereocenters. The van der Waals surface area contributed by atoms with E-state index >= 15 is 0 Å². The van der Waals surface area contributed by atoms with Crippen LogP contribution in [0.1, 0.15) is 27.6 Å². The van der Waals surface area contributed by atoms with Crippen LogP contribution in [0, 0.1) is 0 Å². The third-order valence-corrected chi connectivity index (χ3v) is 4.92. The molecule has 0 atom stereocenters. The molecule has 0 bridgehead atoms. The highest BCUT2D eigenvalue weighted by atomic mass is 32.2. The van der Waals surface area contributed by atoms with Crippen molar-refractivity contribution in [3.63, 3.8) is 0 Å². The van der Waals surface area contributed by atoms with Gasteiger partial charge in [-0.05, 0) is 43.3 Å². The Morgan fingerprint density at radius 3 is 2.28 bits per heavy atom. The number of rotatable bonds is 8. The number of hydrogen-bond donors (Lipinski definition) is 1. The van der Waals surface area contributed by atoms with E-state index in [1.807, 2.05) is 0 Å².